The van der Waals surface area contributed by atoms with Gasteiger partial charge in [0.15, 0.2) is 0 Å². The first-order valence-electron chi connectivity index (χ1n) is 4.44. The highest BCUT2D eigenvalue weighted by molar-refractivity contribution is 5.89. The molecule has 78 valence electrons. The average Bonchev–Trinajstić information content (AvgIpc) is 2.01. The predicted molar refractivity (Wildman–Crippen MR) is 50.4 cm³/mol. The van der Waals surface area contributed by atoms with E-state index in [1.54, 1.807) is 6.08 Å². The fraction of sp³-hybridized carbons (Fsp3) is 0.500. The lowest BCUT2D eigenvalue weighted by atomic mass is 9.87. The summed E-state index contributed by atoms with van der Waals surface area (Å²) in [5.41, 5.74) is 0.460. The van der Waals surface area contributed by atoms with E-state index in [1.165, 1.54) is 6.08 Å². The highest BCUT2D eigenvalue weighted by atomic mass is 16.5. The second-order valence-electron chi connectivity index (χ2n) is 3.78. The molecule has 0 unspecified atom stereocenters. The van der Waals surface area contributed by atoms with Crippen LogP contribution in [0.25, 0.3) is 0 Å². The minimum absolute atomic E-state index is 0.0389. The van der Waals surface area contributed by atoms with E-state index in [0.29, 0.717) is 0 Å². The summed E-state index contributed by atoms with van der Waals surface area (Å²) >= 11 is 0. The topological polar surface area (TPSA) is 77.8 Å². The van der Waals surface area contributed by atoms with E-state index in [2.05, 4.69) is 0 Å². The van der Waals surface area contributed by atoms with E-state index < -0.39 is 11.8 Å². The third kappa shape index (κ3) is 2.02. The summed E-state index contributed by atoms with van der Waals surface area (Å²) in [6.45, 7) is 3.84. The van der Waals surface area contributed by atoms with Crippen molar-refractivity contribution in [3.05, 3.63) is 23.3 Å². The normalized spacial score (nSPS) is 20.4. The SMILES string of the molecule is CC(C)C1=CC=C(C(=O)O)C(O)(O)C1. The molecular weight excluding hydrogens is 184 g/mol. The summed E-state index contributed by atoms with van der Waals surface area (Å²) in [4.78, 5) is 10.6. The minimum atomic E-state index is -2.24. The largest absolute Gasteiger partial charge is 0.478 e. The number of hydrogen-bond acceptors (Lipinski definition) is 3. The van der Waals surface area contributed by atoms with Crippen molar-refractivity contribution >= 4 is 5.97 Å². The van der Waals surface area contributed by atoms with E-state index in [0.717, 1.165) is 5.57 Å². The Balaban J connectivity index is 3.03. The van der Waals surface area contributed by atoms with E-state index in [1.807, 2.05) is 13.8 Å². The van der Waals surface area contributed by atoms with Gasteiger partial charge in [0.2, 0.25) is 5.79 Å². The first-order chi connectivity index (χ1) is 6.34. The molecule has 1 aliphatic carbocycles. The average molecular weight is 198 g/mol. The van der Waals surface area contributed by atoms with Crippen LogP contribution >= 0.6 is 0 Å². The summed E-state index contributed by atoms with van der Waals surface area (Å²) < 4.78 is 0. The first kappa shape index (κ1) is 10.9. The van der Waals surface area contributed by atoms with E-state index in [4.69, 9.17) is 5.11 Å². The maximum atomic E-state index is 10.6. The van der Waals surface area contributed by atoms with Gasteiger partial charge in [-0.15, -0.1) is 0 Å². The molecule has 0 saturated carbocycles. The molecule has 1 aliphatic rings. The number of carbonyl (C=O) groups is 1. The zero-order valence-electron chi connectivity index (χ0n) is 8.19. The predicted octanol–water partition coefficient (Wildman–Crippen LogP) is 0.664. The van der Waals surface area contributed by atoms with Crippen molar-refractivity contribution in [3.63, 3.8) is 0 Å². The van der Waals surface area contributed by atoms with Crippen LogP contribution < -0.4 is 0 Å². The highest BCUT2D eigenvalue weighted by Crippen LogP contribution is 2.30. The fourth-order valence-corrected chi connectivity index (χ4v) is 1.40. The van der Waals surface area contributed by atoms with Crippen LogP contribution in [0.5, 0.6) is 0 Å². The fourth-order valence-electron chi connectivity index (χ4n) is 1.40. The van der Waals surface area contributed by atoms with Gasteiger partial charge in [0, 0.05) is 6.42 Å². The zero-order valence-corrected chi connectivity index (χ0v) is 8.19. The van der Waals surface area contributed by atoms with Gasteiger partial charge >= 0.3 is 5.97 Å². The monoisotopic (exact) mass is 198 g/mol. The molecule has 0 fully saturated rings. The van der Waals surface area contributed by atoms with Crippen LogP contribution in [0.1, 0.15) is 20.3 Å². The lowest BCUT2D eigenvalue weighted by molar-refractivity contribution is -0.154. The maximum Gasteiger partial charge on any atom is 0.337 e. The van der Waals surface area contributed by atoms with Gasteiger partial charge in [0.25, 0.3) is 0 Å². The van der Waals surface area contributed by atoms with Crippen LogP contribution in [0, 0.1) is 5.92 Å². The molecule has 14 heavy (non-hydrogen) atoms. The Kier molecular flexibility index (Phi) is 2.78. The Morgan fingerprint density at radius 3 is 2.36 bits per heavy atom. The Morgan fingerprint density at radius 2 is 2.00 bits per heavy atom. The van der Waals surface area contributed by atoms with Crippen LogP contribution in [0.4, 0.5) is 0 Å². The van der Waals surface area contributed by atoms with Crippen molar-refractivity contribution < 1.29 is 20.1 Å². The van der Waals surface area contributed by atoms with E-state index in [9.17, 15) is 15.0 Å². The summed E-state index contributed by atoms with van der Waals surface area (Å²) in [5.74, 6) is -3.35. The molecule has 0 aliphatic heterocycles. The van der Waals surface area contributed by atoms with Crippen LogP contribution in [-0.4, -0.2) is 27.1 Å². The number of aliphatic carboxylic acids is 1. The van der Waals surface area contributed by atoms with Gasteiger partial charge in [0.1, 0.15) is 0 Å². The van der Waals surface area contributed by atoms with Crippen molar-refractivity contribution in [2.75, 3.05) is 0 Å². The Labute approximate surface area is 82.2 Å². The van der Waals surface area contributed by atoms with Crippen LogP contribution in [-0.2, 0) is 4.79 Å². The van der Waals surface area contributed by atoms with E-state index >= 15 is 0 Å². The smallest absolute Gasteiger partial charge is 0.337 e. The maximum absolute atomic E-state index is 10.6. The number of hydrogen-bond donors (Lipinski definition) is 3. The van der Waals surface area contributed by atoms with Crippen molar-refractivity contribution in [1.29, 1.82) is 0 Å². The second kappa shape index (κ2) is 3.55. The van der Waals surface area contributed by atoms with Gasteiger partial charge in [-0.2, -0.15) is 0 Å². The molecule has 0 radical (unpaired) electrons. The van der Waals surface area contributed by atoms with Crippen LogP contribution in [0.15, 0.2) is 23.3 Å². The highest BCUT2D eigenvalue weighted by Gasteiger charge is 2.36. The van der Waals surface area contributed by atoms with Gasteiger partial charge in [-0.1, -0.05) is 25.5 Å². The molecular formula is C10H14O4. The Hall–Kier alpha value is -1.13. The lowest BCUT2D eigenvalue weighted by Crippen LogP contribution is -2.37. The summed E-state index contributed by atoms with van der Waals surface area (Å²) in [7, 11) is 0. The number of rotatable bonds is 2. The van der Waals surface area contributed by atoms with Crippen molar-refractivity contribution in [3.8, 4) is 0 Å². The van der Waals surface area contributed by atoms with Crippen molar-refractivity contribution in [1.82, 2.24) is 0 Å². The third-order valence-corrected chi connectivity index (χ3v) is 2.32. The summed E-state index contributed by atoms with van der Waals surface area (Å²) in [5, 5.41) is 27.7. The van der Waals surface area contributed by atoms with Gasteiger partial charge in [0.05, 0.1) is 5.57 Å². The lowest BCUT2D eigenvalue weighted by Gasteiger charge is -2.28. The van der Waals surface area contributed by atoms with Gasteiger partial charge in [-0.05, 0) is 12.0 Å². The third-order valence-electron chi connectivity index (χ3n) is 2.32. The summed E-state index contributed by atoms with van der Waals surface area (Å²) in [6.07, 6.45) is 2.85. The Bertz CT molecular complexity index is 310. The molecule has 3 N–H and O–H groups in total. The number of allylic oxidation sites excluding steroid dienone is 2. The quantitative estimate of drug-likeness (QED) is 0.570. The number of carboxylic acid groups (broad SMARTS) is 1. The standard InChI is InChI=1S/C10H14O4/c1-6(2)7-3-4-8(9(11)12)10(13,14)5-7/h3-4,6,13-14H,5H2,1-2H3,(H,11,12). The zero-order chi connectivity index (χ0) is 10.9. The molecule has 0 heterocycles. The number of aliphatic hydroxyl groups is 2. The summed E-state index contributed by atoms with van der Waals surface area (Å²) in [6, 6.07) is 0. The molecule has 1 rings (SSSR count). The van der Waals surface area contributed by atoms with Crippen molar-refractivity contribution in [2.24, 2.45) is 5.92 Å². The first-order valence-corrected chi connectivity index (χ1v) is 4.44. The van der Waals surface area contributed by atoms with Gasteiger partial charge in [-0.25, -0.2) is 4.79 Å². The molecule has 0 spiro atoms. The molecule has 4 nitrogen and oxygen atoms in total. The Morgan fingerprint density at radius 1 is 1.43 bits per heavy atom. The molecule has 0 aromatic carbocycles. The molecule has 0 atom stereocenters. The molecule has 0 saturated heterocycles. The molecule has 0 aromatic rings. The molecule has 0 amide bonds. The second-order valence-corrected chi connectivity index (χ2v) is 3.78. The molecule has 4 heteroatoms. The minimum Gasteiger partial charge on any atom is -0.478 e. The van der Waals surface area contributed by atoms with Crippen molar-refractivity contribution in [2.45, 2.75) is 26.1 Å². The van der Waals surface area contributed by atoms with Gasteiger partial charge < -0.3 is 15.3 Å². The van der Waals surface area contributed by atoms with Crippen LogP contribution in [0.2, 0.25) is 0 Å². The van der Waals surface area contributed by atoms with Gasteiger partial charge in [-0.3, -0.25) is 0 Å². The van der Waals surface area contributed by atoms with Crippen LogP contribution in [0.3, 0.4) is 0 Å². The molecule has 0 aromatic heterocycles. The molecule has 0 bridgehead atoms. The van der Waals surface area contributed by atoms with E-state index in [-0.39, 0.29) is 17.9 Å². The number of carboxylic acids is 1.